The zero-order valence-electron chi connectivity index (χ0n) is 15.7. The highest BCUT2D eigenvalue weighted by atomic mass is 16.1. The molecule has 0 aromatic heterocycles. The van der Waals surface area contributed by atoms with Crippen LogP contribution in [-0.2, 0) is 4.79 Å². The average Bonchev–Trinajstić information content (AvgIpc) is 2.78. The first-order valence-corrected chi connectivity index (χ1v) is 10.4. The van der Waals surface area contributed by atoms with Crippen LogP contribution in [0.1, 0.15) is 85.5 Å². The van der Waals surface area contributed by atoms with Crippen molar-refractivity contribution in [2.24, 2.45) is 46.3 Å². The van der Waals surface area contributed by atoms with Gasteiger partial charge in [-0.15, -0.1) is 0 Å². The van der Waals surface area contributed by atoms with Gasteiger partial charge in [0.05, 0.1) is 0 Å². The van der Waals surface area contributed by atoms with Crippen LogP contribution in [0.15, 0.2) is 0 Å². The summed E-state index contributed by atoms with van der Waals surface area (Å²) in [6.45, 7) is 9.78. The van der Waals surface area contributed by atoms with Crippen LogP contribution in [-0.4, -0.2) is 5.78 Å². The van der Waals surface area contributed by atoms with Crippen molar-refractivity contribution in [3.05, 3.63) is 0 Å². The fraction of sp³-hybridized carbons (Fsp3) is 0.955. The highest BCUT2D eigenvalue weighted by Crippen LogP contribution is 2.67. The van der Waals surface area contributed by atoms with Gasteiger partial charge in [-0.1, -0.05) is 40.5 Å². The summed E-state index contributed by atoms with van der Waals surface area (Å²) >= 11 is 0. The molecule has 1 nitrogen and oxygen atoms in total. The molecule has 4 saturated carbocycles. The van der Waals surface area contributed by atoms with Gasteiger partial charge in [0.25, 0.3) is 0 Å². The number of hydrogen-bond acceptors (Lipinski definition) is 1. The van der Waals surface area contributed by atoms with Gasteiger partial charge in [0, 0.05) is 12.3 Å². The Morgan fingerprint density at radius 2 is 1.74 bits per heavy atom. The predicted octanol–water partition coefficient (Wildman–Crippen LogP) is 5.87. The summed E-state index contributed by atoms with van der Waals surface area (Å²) in [6, 6.07) is 0. The first-order chi connectivity index (χ1) is 10.9. The van der Waals surface area contributed by atoms with Gasteiger partial charge < -0.3 is 0 Å². The molecule has 0 saturated heterocycles. The summed E-state index contributed by atoms with van der Waals surface area (Å²) in [4.78, 5) is 13.0. The molecule has 1 heteroatoms. The third kappa shape index (κ3) is 2.13. The van der Waals surface area contributed by atoms with Gasteiger partial charge in [-0.05, 0) is 78.9 Å². The largest absolute Gasteiger partial charge is 0.299 e. The van der Waals surface area contributed by atoms with Crippen LogP contribution in [0.5, 0.6) is 0 Å². The molecule has 0 heterocycles. The Balaban J connectivity index is 1.67. The van der Waals surface area contributed by atoms with Crippen LogP contribution >= 0.6 is 0 Å². The van der Waals surface area contributed by atoms with Crippen LogP contribution in [0.3, 0.4) is 0 Å². The molecule has 4 fully saturated rings. The standard InChI is InChI=1S/C22H36O/c1-14(2)18-13-19(23)20-16-9-8-15-7-5-6-11-21(15,3)17(16)10-12-22(18,20)4/h14-18,20H,5-13H2,1-4H3/t15-,16-,17+,18-,20-,21+,22-/m1/s1. The lowest BCUT2D eigenvalue weighted by atomic mass is 9.44. The molecule has 0 spiro atoms. The van der Waals surface area contributed by atoms with Gasteiger partial charge >= 0.3 is 0 Å². The molecule has 0 N–H and O–H groups in total. The van der Waals surface area contributed by atoms with E-state index in [0.29, 0.717) is 40.3 Å². The molecule has 0 bridgehead atoms. The molecule has 0 radical (unpaired) electrons. The molecule has 0 aliphatic heterocycles. The van der Waals surface area contributed by atoms with Crippen molar-refractivity contribution < 1.29 is 4.79 Å². The fourth-order valence-corrected chi connectivity index (χ4v) is 8.13. The number of rotatable bonds is 1. The molecule has 4 aliphatic rings. The molecule has 0 unspecified atom stereocenters. The molecule has 0 aromatic carbocycles. The molecular weight excluding hydrogens is 280 g/mol. The maximum Gasteiger partial charge on any atom is 0.137 e. The summed E-state index contributed by atoms with van der Waals surface area (Å²) in [6.07, 6.45) is 12.1. The van der Waals surface area contributed by atoms with E-state index in [9.17, 15) is 4.79 Å². The first-order valence-electron chi connectivity index (χ1n) is 10.4. The van der Waals surface area contributed by atoms with Gasteiger partial charge in [-0.25, -0.2) is 0 Å². The Kier molecular flexibility index (Phi) is 3.75. The summed E-state index contributed by atoms with van der Waals surface area (Å²) < 4.78 is 0. The SMILES string of the molecule is CC(C)[C@H]1CC(=O)[C@H]2[C@@H]3CC[C@H]4CCCC[C@]4(C)[C@H]3CC[C@]12C. The van der Waals surface area contributed by atoms with E-state index in [4.69, 9.17) is 0 Å². The fourth-order valence-electron chi connectivity index (χ4n) is 8.13. The maximum absolute atomic E-state index is 13.0. The lowest BCUT2D eigenvalue weighted by molar-refractivity contribution is -0.140. The van der Waals surface area contributed by atoms with Gasteiger partial charge in [-0.3, -0.25) is 4.79 Å². The second-order valence-corrected chi connectivity index (χ2v) is 10.3. The van der Waals surface area contributed by atoms with Crippen molar-refractivity contribution >= 4 is 5.78 Å². The monoisotopic (exact) mass is 316 g/mol. The van der Waals surface area contributed by atoms with E-state index in [1.165, 1.54) is 51.4 Å². The average molecular weight is 317 g/mol. The zero-order valence-corrected chi connectivity index (χ0v) is 15.7. The lowest BCUT2D eigenvalue weighted by Gasteiger charge is -2.60. The minimum absolute atomic E-state index is 0.310. The van der Waals surface area contributed by atoms with E-state index in [1.54, 1.807) is 0 Å². The number of carbonyl (C=O) groups is 1. The molecular formula is C22H36O. The maximum atomic E-state index is 13.0. The van der Waals surface area contributed by atoms with Crippen LogP contribution < -0.4 is 0 Å². The Bertz CT molecular complexity index is 494. The third-order valence-corrected chi connectivity index (χ3v) is 9.22. The number of hydrogen-bond donors (Lipinski definition) is 0. The summed E-state index contributed by atoms with van der Waals surface area (Å²) in [5, 5.41) is 0. The smallest absolute Gasteiger partial charge is 0.137 e. The number of ketones is 1. The number of carbonyl (C=O) groups excluding carboxylic acids is 1. The van der Waals surface area contributed by atoms with Crippen molar-refractivity contribution in [3.8, 4) is 0 Å². The molecule has 0 amide bonds. The van der Waals surface area contributed by atoms with Gasteiger partial charge in [0.1, 0.15) is 5.78 Å². The van der Waals surface area contributed by atoms with Gasteiger partial charge in [0.2, 0.25) is 0 Å². The second kappa shape index (κ2) is 5.33. The van der Waals surface area contributed by atoms with Crippen LogP contribution in [0.4, 0.5) is 0 Å². The summed E-state index contributed by atoms with van der Waals surface area (Å²) in [5.41, 5.74) is 0.864. The van der Waals surface area contributed by atoms with E-state index in [2.05, 4.69) is 27.7 Å². The highest BCUT2D eigenvalue weighted by molar-refractivity contribution is 5.85. The summed E-state index contributed by atoms with van der Waals surface area (Å²) in [5.74, 6) is 4.84. The zero-order chi connectivity index (χ0) is 16.4. The van der Waals surface area contributed by atoms with Crippen LogP contribution in [0.2, 0.25) is 0 Å². The third-order valence-electron chi connectivity index (χ3n) is 9.22. The quantitative estimate of drug-likeness (QED) is 0.591. The molecule has 130 valence electrons. The Morgan fingerprint density at radius 1 is 0.957 bits per heavy atom. The van der Waals surface area contributed by atoms with Crippen LogP contribution in [0, 0.1) is 46.3 Å². The Labute approximate surface area is 143 Å². The normalized spacial score (nSPS) is 52.9. The molecule has 7 atom stereocenters. The van der Waals surface area contributed by atoms with E-state index in [1.807, 2.05) is 0 Å². The van der Waals surface area contributed by atoms with E-state index in [0.717, 1.165) is 18.3 Å². The second-order valence-electron chi connectivity index (χ2n) is 10.3. The van der Waals surface area contributed by atoms with E-state index >= 15 is 0 Å². The lowest BCUT2D eigenvalue weighted by Crippen LogP contribution is -2.54. The van der Waals surface area contributed by atoms with Crippen molar-refractivity contribution in [1.29, 1.82) is 0 Å². The highest BCUT2D eigenvalue weighted by Gasteiger charge is 2.62. The topological polar surface area (TPSA) is 17.1 Å². The first kappa shape index (κ1) is 16.2. The van der Waals surface area contributed by atoms with Crippen molar-refractivity contribution in [1.82, 2.24) is 0 Å². The van der Waals surface area contributed by atoms with Crippen molar-refractivity contribution in [3.63, 3.8) is 0 Å². The van der Waals surface area contributed by atoms with Crippen molar-refractivity contribution in [2.45, 2.75) is 85.5 Å². The van der Waals surface area contributed by atoms with E-state index < -0.39 is 0 Å². The molecule has 4 aliphatic carbocycles. The van der Waals surface area contributed by atoms with Gasteiger partial charge in [-0.2, -0.15) is 0 Å². The predicted molar refractivity (Wildman–Crippen MR) is 95.1 cm³/mol. The summed E-state index contributed by atoms with van der Waals surface area (Å²) in [7, 11) is 0. The van der Waals surface area contributed by atoms with Gasteiger partial charge in [0.15, 0.2) is 0 Å². The molecule has 23 heavy (non-hydrogen) atoms. The number of Topliss-reactive ketones (excluding diaryl/α,β-unsaturated/α-hetero) is 1. The Hall–Kier alpha value is -0.330. The number of fused-ring (bicyclic) bond motifs is 5. The minimum atomic E-state index is 0.310. The Morgan fingerprint density at radius 3 is 2.48 bits per heavy atom. The van der Waals surface area contributed by atoms with E-state index in [-0.39, 0.29) is 0 Å². The van der Waals surface area contributed by atoms with Crippen LogP contribution in [0.25, 0.3) is 0 Å². The molecule has 4 rings (SSSR count). The minimum Gasteiger partial charge on any atom is -0.299 e. The van der Waals surface area contributed by atoms with Crippen molar-refractivity contribution in [2.75, 3.05) is 0 Å². The molecule has 0 aromatic rings.